The van der Waals surface area contributed by atoms with Crippen LogP contribution in [-0.2, 0) is 9.53 Å². The van der Waals surface area contributed by atoms with E-state index in [2.05, 4.69) is 13.8 Å². The highest BCUT2D eigenvalue weighted by Gasteiger charge is 2.42. The summed E-state index contributed by atoms with van der Waals surface area (Å²) in [5, 5.41) is 0. The Labute approximate surface area is 134 Å². The van der Waals surface area contributed by atoms with Crippen LogP contribution in [0.4, 0.5) is 4.79 Å². The number of likely N-dealkylation sites (tertiary alicyclic amines) is 2. The predicted molar refractivity (Wildman–Crippen MR) is 85.5 cm³/mol. The number of carbonyl (C=O) groups is 2. The lowest BCUT2D eigenvalue weighted by Crippen LogP contribution is -2.55. The maximum Gasteiger partial charge on any atom is 0.409 e. The van der Waals surface area contributed by atoms with E-state index in [1.165, 1.54) is 0 Å². The second kappa shape index (κ2) is 7.34. The molecule has 0 aliphatic carbocycles. The van der Waals surface area contributed by atoms with E-state index in [1.54, 1.807) is 0 Å². The van der Waals surface area contributed by atoms with Gasteiger partial charge in [-0.15, -0.1) is 0 Å². The van der Waals surface area contributed by atoms with Crippen LogP contribution in [0.15, 0.2) is 0 Å². The van der Waals surface area contributed by atoms with Gasteiger partial charge in [0.25, 0.3) is 0 Å². The first-order valence-electron chi connectivity index (χ1n) is 8.65. The standard InChI is InChI=1S/C17H30N2O3/c1-4-22-16(21)19-10-5-8-17(13-19)9-6-15(20)18(12-17)11-7-14(2)3/h14H,4-13H2,1-3H3/t17-/m0/s1. The summed E-state index contributed by atoms with van der Waals surface area (Å²) in [5.74, 6) is 0.882. The molecule has 0 bridgehead atoms. The van der Waals surface area contributed by atoms with Gasteiger partial charge < -0.3 is 14.5 Å². The molecule has 2 amide bonds. The van der Waals surface area contributed by atoms with Crippen molar-refractivity contribution in [2.45, 2.75) is 52.9 Å². The number of rotatable bonds is 4. The van der Waals surface area contributed by atoms with Crippen molar-refractivity contribution in [3.8, 4) is 0 Å². The van der Waals surface area contributed by atoms with Crippen LogP contribution in [0.1, 0.15) is 52.9 Å². The lowest BCUT2D eigenvalue weighted by molar-refractivity contribution is -0.139. The molecule has 2 fully saturated rings. The van der Waals surface area contributed by atoms with Gasteiger partial charge in [-0.2, -0.15) is 0 Å². The summed E-state index contributed by atoms with van der Waals surface area (Å²) in [4.78, 5) is 28.0. The molecule has 0 saturated carbocycles. The zero-order valence-electron chi connectivity index (χ0n) is 14.3. The molecular formula is C17H30N2O3. The number of ether oxygens (including phenoxy) is 1. The van der Waals surface area contributed by atoms with E-state index >= 15 is 0 Å². The van der Waals surface area contributed by atoms with Crippen molar-refractivity contribution in [3.05, 3.63) is 0 Å². The molecule has 5 heteroatoms. The molecule has 0 N–H and O–H groups in total. The van der Waals surface area contributed by atoms with Crippen molar-refractivity contribution in [2.75, 3.05) is 32.8 Å². The molecule has 0 aromatic rings. The Hall–Kier alpha value is -1.26. The third-order valence-corrected chi connectivity index (χ3v) is 4.91. The molecule has 2 heterocycles. The molecule has 2 rings (SSSR count). The smallest absolute Gasteiger partial charge is 0.409 e. The van der Waals surface area contributed by atoms with E-state index < -0.39 is 0 Å². The van der Waals surface area contributed by atoms with Gasteiger partial charge >= 0.3 is 6.09 Å². The molecule has 2 aliphatic rings. The SMILES string of the molecule is CCOC(=O)N1CCC[C@@]2(CCC(=O)N(CCC(C)C)C2)C1. The summed E-state index contributed by atoms with van der Waals surface area (Å²) in [6.07, 6.45) is 4.48. The molecule has 22 heavy (non-hydrogen) atoms. The zero-order valence-corrected chi connectivity index (χ0v) is 14.3. The number of nitrogens with zero attached hydrogens (tertiary/aromatic N) is 2. The van der Waals surface area contributed by atoms with E-state index in [0.717, 1.165) is 51.9 Å². The number of hydrogen-bond donors (Lipinski definition) is 0. The van der Waals surface area contributed by atoms with Crippen LogP contribution in [0.5, 0.6) is 0 Å². The van der Waals surface area contributed by atoms with Crippen LogP contribution in [0.2, 0.25) is 0 Å². The predicted octanol–water partition coefficient (Wildman–Crippen LogP) is 2.89. The van der Waals surface area contributed by atoms with Crippen molar-refractivity contribution in [2.24, 2.45) is 11.3 Å². The lowest BCUT2D eigenvalue weighted by atomic mass is 9.73. The fourth-order valence-corrected chi connectivity index (χ4v) is 3.63. The van der Waals surface area contributed by atoms with Gasteiger partial charge in [0.15, 0.2) is 0 Å². The quantitative estimate of drug-likeness (QED) is 0.802. The van der Waals surface area contributed by atoms with Gasteiger partial charge in [-0.3, -0.25) is 4.79 Å². The molecule has 2 saturated heterocycles. The van der Waals surface area contributed by atoms with Crippen LogP contribution in [0.25, 0.3) is 0 Å². The topological polar surface area (TPSA) is 49.9 Å². The fraction of sp³-hybridized carbons (Fsp3) is 0.882. The van der Waals surface area contributed by atoms with Crippen molar-refractivity contribution in [3.63, 3.8) is 0 Å². The van der Waals surface area contributed by atoms with Gasteiger partial charge in [0.05, 0.1) is 6.61 Å². The van der Waals surface area contributed by atoms with Gasteiger partial charge in [0.2, 0.25) is 5.91 Å². The van der Waals surface area contributed by atoms with E-state index in [4.69, 9.17) is 4.74 Å². The van der Waals surface area contributed by atoms with E-state index in [0.29, 0.717) is 18.9 Å². The van der Waals surface area contributed by atoms with Gasteiger partial charge in [0, 0.05) is 38.0 Å². The molecule has 1 spiro atoms. The first kappa shape index (κ1) is 17.1. The monoisotopic (exact) mass is 310 g/mol. The van der Waals surface area contributed by atoms with Crippen LogP contribution in [0, 0.1) is 11.3 Å². The lowest BCUT2D eigenvalue weighted by Gasteiger charge is -2.48. The minimum atomic E-state index is -0.202. The van der Waals surface area contributed by atoms with Gasteiger partial charge in [0.1, 0.15) is 0 Å². The fourth-order valence-electron chi connectivity index (χ4n) is 3.63. The van der Waals surface area contributed by atoms with Crippen molar-refractivity contribution < 1.29 is 14.3 Å². The van der Waals surface area contributed by atoms with E-state index in [-0.39, 0.29) is 17.4 Å². The van der Waals surface area contributed by atoms with Gasteiger partial charge in [-0.05, 0) is 38.5 Å². The van der Waals surface area contributed by atoms with Crippen LogP contribution in [-0.4, -0.2) is 54.6 Å². The summed E-state index contributed by atoms with van der Waals surface area (Å²) in [7, 11) is 0. The first-order chi connectivity index (χ1) is 10.5. The van der Waals surface area contributed by atoms with Crippen molar-refractivity contribution >= 4 is 12.0 Å². The second-order valence-electron chi connectivity index (χ2n) is 7.22. The summed E-state index contributed by atoms with van der Waals surface area (Å²) in [5.41, 5.74) is 0.0793. The maximum atomic E-state index is 12.2. The van der Waals surface area contributed by atoms with E-state index in [1.807, 2.05) is 16.7 Å². The summed E-state index contributed by atoms with van der Waals surface area (Å²) in [6, 6.07) is 0. The van der Waals surface area contributed by atoms with Gasteiger partial charge in [-0.25, -0.2) is 4.79 Å². The molecule has 0 aromatic heterocycles. The molecule has 0 unspecified atom stereocenters. The molecule has 2 aliphatic heterocycles. The maximum absolute atomic E-state index is 12.2. The molecule has 0 aromatic carbocycles. The van der Waals surface area contributed by atoms with Crippen LogP contribution < -0.4 is 0 Å². The van der Waals surface area contributed by atoms with Gasteiger partial charge in [-0.1, -0.05) is 13.8 Å². The van der Waals surface area contributed by atoms with E-state index in [9.17, 15) is 9.59 Å². The Balaban J connectivity index is 1.99. The average molecular weight is 310 g/mol. The highest BCUT2D eigenvalue weighted by Crippen LogP contribution is 2.39. The Morgan fingerprint density at radius 3 is 2.77 bits per heavy atom. The van der Waals surface area contributed by atoms with Crippen LogP contribution >= 0.6 is 0 Å². The number of piperidine rings is 2. The molecule has 126 valence electrons. The Bertz CT molecular complexity index is 411. The normalized spacial score (nSPS) is 25.9. The Kier molecular flexibility index (Phi) is 5.70. The number of hydrogen-bond acceptors (Lipinski definition) is 3. The molecule has 0 radical (unpaired) electrons. The number of amides is 2. The third-order valence-electron chi connectivity index (χ3n) is 4.91. The highest BCUT2D eigenvalue weighted by atomic mass is 16.6. The Morgan fingerprint density at radius 2 is 2.09 bits per heavy atom. The second-order valence-corrected chi connectivity index (χ2v) is 7.22. The van der Waals surface area contributed by atoms with Crippen LogP contribution in [0.3, 0.4) is 0 Å². The number of carbonyl (C=O) groups excluding carboxylic acids is 2. The molecular weight excluding hydrogens is 280 g/mol. The summed E-state index contributed by atoms with van der Waals surface area (Å²) >= 11 is 0. The summed E-state index contributed by atoms with van der Waals surface area (Å²) in [6.45, 7) is 9.79. The molecule has 1 atom stereocenters. The first-order valence-corrected chi connectivity index (χ1v) is 8.65. The van der Waals surface area contributed by atoms with Crippen molar-refractivity contribution in [1.82, 2.24) is 9.80 Å². The largest absolute Gasteiger partial charge is 0.450 e. The highest BCUT2D eigenvalue weighted by molar-refractivity contribution is 5.77. The average Bonchev–Trinajstić information content (AvgIpc) is 2.49. The Morgan fingerprint density at radius 1 is 1.32 bits per heavy atom. The summed E-state index contributed by atoms with van der Waals surface area (Å²) < 4.78 is 5.15. The molecule has 5 nitrogen and oxygen atoms in total. The minimum Gasteiger partial charge on any atom is -0.450 e. The minimum absolute atomic E-state index is 0.0793. The zero-order chi connectivity index (χ0) is 16.2. The third kappa shape index (κ3) is 4.14. The van der Waals surface area contributed by atoms with Crippen molar-refractivity contribution in [1.29, 1.82) is 0 Å².